The number of rotatable bonds is 6. The van der Waals surface area contributed by atoms with Gasteiger partial charge in [-0.2, -0.15) is 0 Å². The smallest absolute Gasteiger partial charge is 0.253 e. The first-order valence-electron chi connectivity index (χ1n) is 11.8. The molecule has 1 fully saturated rings. The van der Waals surface area contributed by atoms with E-state index in [9.17, 15) is 14.4 Å². The Morgan fingerprint density at radius 1 is 0.794 bits per heavy atom. The molecule has 0 aromatic heterocycles. The number of hydrogen-bond donors (Lipinski definition) is 1. The Hall–Kier alpha value is -3.67. The average Bonchev–Trinajstić information content (AvgIpc) is 2.87. The number of carbonyl (C=O) groups is 3. The van der Waals surface area contributed by atoms with Crippen LogP contribution in [0.25, 0.3) is 10.8 Å². The molecule has 1 N–H and O–H groups in total. The van der Waals surface area contributed by atoms with E-state index in [1.807, 2.05) is 74.5 Å². The molecule has 0 spiro atoms. The number of fused-ring (bicyclic) bond motifs is 1. The second-order valence-corrected chi connectivity index (χ2v) is 9.09. The molecule has 1 heterocycles. The van der Waals surface area contributed by atoms with Crippen LogP contribution in [0, 0.1) is 5.92 Å². The molecule has 3 aromatic carbocycles. The van der Waals surface area contributed by atoms with Gasteiger partial charge in [-0.15, -0.1) is 0 Å². The van der Waals surface area contributed by atoms with Crippen LogP contribution in [0.4, 0.5) is 0 Å². The number of piperazine rings is 1. The van der Waals surface area contributed by atoms with Gasteiger partial charge in [0.25, 0.3) is 5.91 Å². The molecular formula is C28H31N3O3. The minimum atomic E-state index is -0.598. The zero-order valence-corrected chi connectivity index (χ0v) is 19.7. The van der Waals surface area contributed by atoms with Crippen LogP contribution in [-0.2, 0) is 16.0 Å². The summed E-state index contributed by atoms with van der Waals surface area (Å²) in [6.07, 6.45) is 0.219. The van der Waals surface area contributed by atoms with E-state index in [2.05, 4.69) is 5.32 Å². The van der Waals surface area contributed by atoms with Crippen LogP contribution in [-0.4, -0.2) is 59.7 Å². The Morgan fingerprint density at radius 2 is 1.41 bits per heavy atom. The van der Waals surface area contributed by atoms with Crippen molar-refractivity contribution in [3.05, 3.63) is 83.9 Å². The van der Waals surface area contributed by atoms with E-state index in [1.165, 1.54) is 0 Å². The lowest BCUT2D eigenvalue weighted by atomic mass is 9.99. The highest BCUT2D eigenvalue weighted by Crippen LogP contribution is 2.19. The van der Waals surface area contributed by atoms with E-state index < -0.39 is 6.04 Å². The van der Waals surface area contributed by atoms with Gasteiger partial charge in [-0.3, -0.25) is 14.4 Å². The minimum Gasteiger partial charge on any atom is -0.344 e. The summed E-state index contributed by atoms with van der Waals surface area (Å²) in [5.41, 5.74) is 1.60. The van der Waals surface area contributed by atoms with Crippen LogP contribution in [0.2, 0.25) is 0 Å². The maximum atomic E-state index is 13.3. The normalized spacial score (nSPS) is 14.8. The molecule has 0 saturated carbocycles. The summed E-state index contributed by atoms with van der Waals surface area (Å²) < 4.78 is 0. The van der Waals surface area contributed by atoms with Crippen molar-refractivity contribution >= 4 is 28.5 Å². The predicted molar refractivity (Wildman–Crippen MR) is 133 cm³/mol. The van der Waals surface area contributed by atoms with E-state index in [0.717, 1.165) is 16.3 Å². The molecule has 0 aliphatic carbocycles. The second kappa shape index (κ2) is 10.5. The van der Waals surface area contributed by atoms with Gasteiger partial charge in [0.2, 0.25) is 11.8 Å². The van der Waals surface area contributed by atoms with Crippen LogP contribution in [0.15, 0.2) is 72.8 Å². The van der Waals surface area contributed by atoms with E-state index in [0.29, 0.717) is 31.7 Å². The fourth-order valence-corrected chi connectivity index (χ4v) is 4.45. The quantitative estimate of drug-likeness (QED) is 0.616. The van der Waals surface area contributed by atoms with Gasteiger partial charge >= 0.3 is 0 Å². The molecule has 34 heavy (non-hydrogen) atoms. The fourth-order valence-electron chi connectivity index (χ4n) is 4.45. The highest BCUT2D eigenvalue weighted by atomic mass is 16.2. The molecule has 3 amide bonds. The molecule has 4 rings (SSSR count). The lowest BCUT2D eigenvalue weighted by molar-refractivity contribution is -0.138. The molecular weight excluding hydrogens is 426 g/mol. The Bertz CT molecular complexity index is 1160. The SMILES string of the molecule is CC(C)[C@@H](NC(=O)Cc1cccc2ccccc12)C(=O)N1CCN(C(=O)c2ccccc2)CC1. The first-order chi connectivity index (χ1) is 16.4. The number of nitrogens with zero attached hydrogens (tertiary/aromatic N) is 2. The molecule has 1 saturated heterocycles. The zero-order chi connectivity index (χ0) is 24.1. The van der Waals surface area contributed by atoms with Crippen molar-refractivity contribution in [2.45, 2.75) is 26.3 Å². The molecule has 6 heteroatoms. The third-order valence-corrected chi connectivity index (χ3v) is 6.38. The van der Waals surface area contributed by atoms with Gasteiger partial charge < -0.3 is 15.1 Å². The van der Waals surface area contributed by atoms with E-state index in [4.69, 9.17) is 0 Å². The highest BCUT2D eigenvalue weighted by Gasteiger charge is 2.32. The van der Waals surface area contributed by atoms with Gasteiger partial charge in [-0.1, -0.05) is 74.5 Å². The first-order valence-corrected chi connectivity index (χ1v) is 11.8. The molecule has 0 radical (unpaired) electrons. The summed E-state index contributed by atoms with van der Waals surface area (Å²) in [5.74, 6) is -0.321. The van der Waals surface area contributed by atoms with Crippen molar-refractivity contribution < 1.29 is 14.4 Å². The van der Waals surface area contributed by atoms with Crippen molar-refractivity contribution in [3.8, 4) is 0 Å². The minimum absolute atomic E-state index is 0.0171. The first kappa shape index (κ1) is 23.5. The molecule has 6 nitrogen and oxygen atoms in total. The summed E-state index contributed by atoms with van der Waals surface area (Å²) in [7, 11) is 0. The topological polar surface area (TPSA) is 69.7 Å². The van der Waals surface area contributed by atoms with E-state index >= 15 is 0 Å². The Morgan fingerprint density at radius 3 is 2.12 bits per heavy atom. The second-order valence-electron chi connectivity index (χ2n) is 9.09. The summed E-state index contributed by atoms with van der Waals surface area (Å²) in [6.45, 7) is 5.76. The molecule has 1 aliphatic heterocycles. The van der Waals surface area contributed by atoms with Gasteiger partial charge in [-0.05, 0) is 34.4 Å². The number of carbonyl (C=O) groups excluding carboxylic acids is 3. The standard InChI is InChI=1S/C28H31N3O3/c1-20(2)26(29-25(32)19-23-13-8-12-21-9-6-7-14-24(21)23)28(34)31-17-15-30(16-18-31)27(33)22-10-4-3-5-11-22/h3-14,20,26H,15-19H2,1-2H3,(H,29,32)/t26-/m1/s1. The Labute approximate surface area is 200 Å². The number of nitrogens with one attached hydrogen (secondary N) is 1. The average molecular weight is 458 g/mol. The van der Waals surface area contributed by atoms with Crippen LogP contribution in [0.5, 0.6) is 0 Å². The maximum Gasteiger partial charge on any atom is 0.253 e. The van der Waals surface area contributed by atoms with Gasteiger partial charge in [-0.25, -0.2) is 0 Å². The third kappa shape index (κ3) is 5.28. The molecule has 176 valence electrons. The monoisotopic (exact) mass is 457 g/mol. The fraction of sp³-hybridized carbons (Fsp3) is 0.321. The predicted octanol–water partition coefficient (Wildman–Crippen LogP) is 3.51. The van der Waals surface area contributed by atoms with Crippen LogP contribution in [0.3, 0.4) is 0 Å². The maximum absolute atomic E-state index is 13.3. The van der Waals surface area contributed by atoms with Crippen molar-refractivity contribution in [1.82, 2.24) is 15.1 Å². The Kier molecular flexibility index (Phi) is 7.26. The summed E-state index contributed by atoms with van der Waals surface area (Å²) >= 11 is 0. The van der Waals surface area contributed by atoms with Crippen LogP contribution >= 0.6 is 0 Å². The molecule has 0 unspecified atom stereocenters. The lowest BCUT2D eigenvalue weighted by Gasteiger charge is -2.37. The lowest BCUT2D eigenvalue weighted by Crippen LogP contribution is -2.57. The summed E-state index contributed by atoms with van der Waals surface area (Å²) in [4.78, 5) is 42.5. The van der Waals surface area contributed by atoms with Crippen molar-refractivity contribution in [2.75, 3.05) is 26.2 Å². The molecule has 0 bridgehead atoms. The number of amides is 3. The highest BCUT2D eigenvalue weighted by molar-refractivity contribution is 5.95. The summed E-state index contributed by atoms with van der Waals surface area (Å²) in [6, 6.07) is 22.5. The zero-order valence-electron chi connectivity index (χ0n) is 19.7. The van der Waals surface area contributed by atoms with Gasteiger partial charge in [0.1, 0.15) is 6.04 Å². The Balaban J connectivity index is 1.37. The van der Waals surface area contributed by atoms with Crippen LogP contribution < -0.4 is 5.32 Å². The van der Waals surface area contributed by atoms with Crippen molar-refractivity contribution in [2.24, 2.45) is 5.92 Å². The van der Waals surface area contributed by atoms with Gasteiger partial charge in [0, 0.05) is 31.7 Å². The molecule has 3 aromatic rings. The number of benzene rings is 3. The van der Waals surface area contributed by atoms with E-state index in [1.54, 1.807) is 21.9 Å². The summed E-state index contributed by atoms with van der Waals surface area (Å²) in [5, 5.41) is 5.11. The van der Waals surface area contributed by atoms with Crippen molar-refractivity contribution in [3.63, 3.8) is 0 Å². The van der Waals surface area contributed by atoms with E-state index in [-0.39, 0.29) is 30.1 Å². The van der Waals surface area contributed by atoms with Gasteiger partial charge in [0.15, 0.2) is 0 Å². The number of hydrogen-bond acceptors (Lipinski definition) is 3. The molecule has 1 atom stereocenters. The third-order valence-electron chi connectivity index (χ3n) is 6.38. The largest absolute Gasteiger partial charge is 0.344 e. The van der Waals surface area contributed by atoms with Crippen LogP contribution in [0.1, 0.15) is 29.8 Å². The van der Waals surface area contributed by atoms with Gasteiger partial charge in [0.05, 0.1) is 6.42 Å². The molecule has 1 aliphatic rings. The van der Waals surface area contributed by atoms with Crippen molar-refractivity contribution in [1.29, 1.82) is 0 Å².